The third-order valence-electron chi connectivity index (χ3n) is 2.56. The van der Waals surface area contributed by atoms with Gasteiger partial charge in [0.1, 0.15) is 11.9 Å². The van der Waals surface area contributed by atoms with Crippen LogP contribution in [-0.4, -0.2) is 24.2 Å². The third kappa shape index (κ3) is 4.04. The summed E-state index contributed by atoms with van der Waals surface area (Å²) in [7, 11) is 0. The molecule has 0 bridgehead atoms. The van der Waals surface area contributed by atoms with Crippen LogP contribution >= 0.6 is 0 Å². The van der Waals surface area contributed by atoms with Gasteiger partial charge in [-0.25, -0.2) is 4.98 Å². The summed E-state index contributed by atoms with van der Waals surface area (Å²) >= 11 is 0. The van der Waals surface area contributed by atoms with Gasteiger partial charge in [-0.15, -0.1) is 0 Å². The first kappa shape index (κ1) is 13.5. The van der Waals surface area contributed by atoms with Gasteiger partial charge >= 0.3 is 0 Å². The molecule has 0 fully saturated rings. The summed E-state index contributed by atoms with van der Waals surface area (Å²) < 4.78 is 5.43. The molecule has 1 unspecified atom stereocenters. The van der Waals surface area contributed by atoms with Gasteiger partial charge in [0.2, 0.25) is 0 Å². The van der Waals surface area contributed by atoms with Crippen LogP contribution in [0.3, 0.4) is 0 Å². The zero-order chi connectivity index (χ0) is 12.7. The Kier molecular flexibility index (Phi) is 5.44. The van der Waals surface area contributed by atoms with Crippen molar-refractivity contribution in [2.75, 3.05) is 18.5 Å². The summed E-state index contributed by atoms with van der Waals surface area (Å²) in [6, 6.07) is 5.81. The highest BCUT2D eigenvalue weighted by atomic mass is 16.5. The van der Waals surface area contributed by atoms with Crippen LogP contribution in [0.5, 0.6) is 0 Å². The highest BCUT2D eigenvalue weighted by molar-refractivity contribution is 5.51. The van der Waals surface area contributed by atoms with Gasteiger partial charge in [-0.2, -0.15) is 5.26 Å². The zero-order valence-corrected chi connectivity index (χ0v) is 10.6. The van der Waals surface area contributed by atoms with Crippen molar-refractivity contribution in [3.63, 3.8) is 0 Å². The number of nitrogens with zero attached hydrogens (tertiary/aromatic N) is 2. The normalized spacial score (nSPS) is 12.2. The molecule has 0 aromatic carbocycles. The Morgan fingerprint density at radius 3 is 2.88 bits per heavy atom. The maximum Gasteiger partial charge on any atom is 0.144 e. The summed E-state index contributed by atoms with van der Waals surface area (Å²) in [5.41, 5.74) is 0.564. The lowest BCUT2D eigenvalue weighted by atomic mass is 10.1. The Labute approximate surface area is 103 Å². The smallest absolute Gasteiger partial charge is 0.144 e. The van der Waals surface area contributed by atoms with E-state index >= 15 is 0 Å². The Hall–Kier alpha value is -1.60. The van der Waals surface area contributed by atoms with Crippen LogP contribution in [0.2, 0.25) is 0 Å². The van der Waals surface area contributed by atoms with Gasteiger partial charge in [0.15, 0.2) is 0 Å². The van der Waals surface area contributed by atoms with Crippen molar-refractivity contribution in [1.29, 1.82) is 5.26 Å². The first-order valence-electron chi connectivity index (χ1n) is 5.88. The largest absolute Gasteiger partial charge is 0.380 e. The fraction of sp³-hybridized carbons (Fsp3) is 0.538. The lowest BCUT2D eigenvalue weighted by Crippen LogP contribution is -2.31. The van der Waals surface area contributed by atoms with Crippen LogP contribution in [0.1, 0.15) is 26.3 Å². The van der Waals surface area contributed by atoms with Gasteiger partial charge in [-0.1, -0.05) is 13.8 Å². The maximum absolute atomic E-state index is 8.98. The Morgan fingerprint density at radius 2 is 2.29 bits per heavy atom. The van der Waals surface area contributed by atoms with Gasteiger partial charge in [0.05, 0.1) is 18.2 Å². The summed E-state index contributed by atoms with van der Waals surface area (Å²) in [6.45, 7) is 7.52. The average Bonchev–Trinajstić information content (AvgIpc) is 2.34. The Bertz CT molecular complexity index is 384. The lowest BCUT2D eigenvalue weighted by Gasteiger charge is -2.23. The number of ether oxygens (including phenoxy) is 1. The highest BCUT2D eigenvalue weighted by Gasteiger charge is 2.15. The van der Waals surface area contributed by atoms with E-state index in [4.69, 9.17) is 10.00 Å². The molecule has 0 aliphatic carbocycles. The van der Waals surface area contributed by atoms with E-state index in [1.54, 1.807) is 18.3 Å². The second kappa shape index (κ2) is 6.87. The summed E-state index contributed by atoms with van der Waals surface area (Å²) in [6.07, 6.45) is 1.68. The summed E-state index contributed by atoms with van der Waals surface area (Å²) in [5, 5.41) is 12.3. The molecule has 0 spiro atoms. The molecule has 1 aromatic heterocycles. The minimum Gasteiger partial charge on any atom is -0.380 e. The van der Waals surface area contributed by atoms with E-state index < -0.39 is 0 Å². The molecule has 4 nitrogen and oxygen atoms in total. The van der Waals surface area contributed by atoms with E-state index in [0.717, 1.165) is 0 Å². The predicted octanol–water partition coefficient (Wildman–Crippen LogP) is 2.43. The van der Waals surface area contributed by atoms with Crippen LogP contribution < -0.4 is 5.32 Å². The number of rotatable bonds is 6. The van der Waals surface area contributed by atoms with E-state index in [0.29, 0.717) is 30.5 Å². The van der Waals surface area contributed by atoms with Crippen LogP contribution in [0.25, 0.3) is 0 Å². The molecule has 0 saturated heterocycles. The lowest BCUT2D eigenvalue weighted by molar-refractivity contribution is 0.126. The molecule has 0 radical (unpaired) electrons. The van der Waals surface area contributed by atoms with Crippen LogP contribution in [0, 0.1) is 17.2 Å². The average molecular weight is 233 g/mol. The Morgan fingerprint density at radius 1 is 1.53 bits per heavy atom. The third-order valence-corrected chi connectivity index (χ3v) is 2.56. The molecule has 0 aliphatic rings. The minimum absolute atomic E-state index is 0.164. The van der Waals surface area contributed by atoms with Crippen LogP contribution in [0.4, 0.5) is 5.82 Å². The molecule has 17 heavy (non-hydrogen) atoms. The standard InChI is InChI=1S/C13H19N3O/c1-4-17-9-12(10(2)3)16-13-11(8-14)6-5-7-15-13/h5-7,10,12H,4,9H2,1-3H3,(H,15,16). The number of hydrogen-bond acceptors (Lipinski definition) is 4. The van der Waals surface area contributed by atoms with Crippen molar-refractivity contribution < 1.29 is 4.74 Å². The summed E-state index contributed by atoms with van der Waals surface area (Å²) in [4.78, 5) is 4.19. The molecule has 0 saturated carbocycles. The van der Waals surface area contributed by atoms with E-state index in [1.807, 2.05) is 6.92 Å². The molecule has 1 rings (SSSR count). The number of pyridine rings is 1. The van der Waals surface area contributed by atoms with Crippen molar-refractivity contribution in [1.82, 2.24) is 4.98 Å². The van der Waals surface area contributed by atoms with Crippen molar-refractivity contribution in [2.45, 2.75) is 26.8 Å². The number of nitrogens with one attached hydrogen (secondary N) is 1. The monoisotopic (exact) mass is 233 g/mol. The molecule has 0 amide bonds. The second-order valence-corrected chi connectivity index (χ2v) is 4.17. The van der Waals surface area contributed by atoms with Crippen LogP contribution in [-0.2, 0) is 4.74 Å². The molecule has 1 N–H and O–H groups in total. The second-order valence-electron chi connectivity index (χ2n) is 4.17. The SMILES string of the molecule is CCOCC(Nc1ncccc1C#N)C(C)C. The Balaban J connectivity index is 2.75. The highest BCUT2D eigenvalue weighted by Crippen LogP contribution is 2.14. The van der Waals surface area contributed by atoms with Crippen molar-refractivity contribution in [3.8, 4) is 6.07 Å². The minimum atomic E-state index is 0.164. The van der Waals surface area contributed by atoms with E-state index in [1.165, 1.54) is 0 Å². The van der Waals surface area contributed by atoms with Gasteiger partial charge in [-0.3, -0.25) is 0 Å². The van der Waals surface area contributed by atoms with E-state index in [2.05, 4.69) is 30.2 Å². The maximum atomic E-state index is 8.98. The zero-order valence-electron chi connectivity index (χ0n) is 10.6. The molecule has 1 atom stereocenters. The number of aromatic nitrogens is 1. The van der Waals surface area contributed by atoms with Crippen molar-refractivity contribution >= 4 is 5.82 Å². The van der Waals surface area contributed by atoms with Gasteiger partial charge in [-0.05, 0) is 25.0 Å². The molecular formula is C13H19N3O. The fourth-order valence-corrected chi connectivity index (χ4v) is 1.43. The van der Waals surface area contributed by atoms with Crippen molar-refractivity contribution in [2.24, 2.45) is 5.92 Å². The van der Waals surface area contributed by atoms with E-state index in [9.17, 15) is 0 Å². The first-order chi connectivity index (χ1) is 8.19. The quantitative estimate of drug-likeness (QED) is 0.819. The number of nitriles is 1. The van der Waals surface area contributed by atoms with Gasteiger partial charge < -0.3 is 10.1 Å². The predicted molar refractivity (Wildman–Crippen MR) is 67.7 cm³/mol. The van der Waals surface area contributed by atoms with Gasteiger partial charge in [0.25, 0.3) is 0 Å². The number of hydrogen-bond donors (Lipinski definition) is 1. The number of anilines is 1. The fourth-order valence-electron chi connectivity index (χ4n) is 1.43. The molecule has 92 valence electrons. The topological polar surface area (TPSA) is 57.9 Å². The molecule has 1 heterocycles. The molecule has 1 aromatic rings. The van der Waals surface area contributed by atoms with Crippen molar-refractivity contribution in [3.05, 3.63) is 23.9 Å². The molecule has 0 aliphatic heterocycles. The first-order valence-corrected chi connectivity index (χ1v) is 5.88. The van der Waals surface area contributed by atoms with Crippen LogP contribution in [0.15, 0.2) is 18.3 Å². The van der Waals surface area contributed by atoms with Gasteiger partial charge in [0, 0.05) is 12.8 Å². The molecule has 4 heteroatoms. The summed E-state index contributed by atoms with van der Waals surface area (Å²) in [5.74, 6) is 1.04. The van der Waals surface area contributed by atoms with E-state index in [-0.39, 0.29) is 6.04 Å². The molecular weight excluding hydrogens is 214 g/mol.